The number of aromatic nitrogens is 10. The van der Waals surface area contributed by atoms with Crippen LogP contribution in [0.15, 0.2) is 124 Å². The highest BCUT2D eigenvalue weighted by molar-refractivity contribution is 7.87. The third-order valence-electron chi connectivity index (χ3n) is 14.7. The monoisotopic (exact) mass is 1230 g/mol. The van der Waals surface area contributed by atoms with Gasteiger partial charge in [-0.3, -0.25) is 27.3 Å². The van der Waals surface area contributed by atoms with Crippen LogP contribution in [0.4, 0.5) is 0 Å². The van der Waals surface area contributed by atoms with Gasteiger partial charge in [0.1, 0.15) is 64.1 Å². The lowest BCUT2D eigenvalue weighted by molar-refractivity contribution is 0.477. The van der Waals surface area contributed by atoms with Gasteiger partial charge in [-0.15, -0.1) is 30.0 Å². The van der Waals surface area contributed by atoms with Crippen molar-refractivity contribution in [2.75, 3.05) is 0 Å². The molecule has 412 valence electrons. The molecule has 6 aromatic heterocycles. The Morgan fingerprint density at radius 1 is 0.354 bits per heavy atom. The Balaban J connectivity index is 0.964. The van der Waals surface area contributed by atoms with E-state index in [1.165, 1.54) is 67.3 Å². The largest absolute Gasteiger partial charge is 0.295 e. The third-order valence-corrected chi connectivity index (χ3v) is 20.0. The van der Waals surface area contributed by atoms with Gasteiger partial charge in [0, 0.05) is 65.0 Å². The molecule has 4 bridgehead atoms. The molecule has 82 heavy (non-hydrogen) atoms. The van der Waals surface area contributed by atoms with Gasteiger partial charge < -0.3 is 0 Å². The normalized spacial score (nSPS) is 14.3. The molecule has 0 spiro atoms. The van der Waals surface area contributed by atoms with Crippen LogP contribution in [-0.2, 0) is 60.7 Å². The summed E-state index contributed by atoms with van der Waals surface area (Å²) in [6.07, 6.45) is 3.27. The number of rotatable bonds is 10. The second kappa shape index (κ2) is 14.8. The molecule has 6 heterocycles. The smallest absolute Gasteiger partial charge is 0.282 e. The van der Waals surface area contributed by atoms with Crippen LogP contribution in [0.1, 0.15) is 11.1 Å². The van der Waals surface area contributed by atoms with Crippen LogP contribution in [0.2, 0.25) is 0 Å². The number of benzene rings is 12. The van der Waals surface area contributed by atoms with Crippen LogP contribution < -0.4 is 0 Å². The van der Waals surface area contributed by atoms with Crippen molar-refractivity contribution < 1.29 is 87.1 Å². The van der Waals surface area contributed by atoms with E-state index in [1.807, 2.05) is 0 Å². The lowest BCUT2D eigenvalue weighted by Gasteiger charge is -2.19. The lowest BCUT2D eigenvalue weighted by atomic mass is 9.90. The minimum absolute atomic E-state index is 0.0157. The van der Waals surface area contributed by atoms with Crippen molar-refractivity contribution in [3.63, 3.8) is 0 Å². The molecule has 18 rings (SSSR count). The zero-order chi connectivity index (χ0) is 57.3. The van der Waals surface area contributed by atoms with Crippen LogP contribution in [0.5, 0.6) is 0 Å². The maximum atomic E-state index is 13.1. The van der Waals surface area contributed by atoms with Crippen LogP contribution in [0, 0.1) is 0 Å². The summed E-state index contributed by atoms with van der Waals surface area (Å²) in [5, 5.41) is 19.0. The van der Waals surface area contributed by atoms with E-state index in [4.69, 9.17) is 9.26 Å². The average Bonchev–Trinajstić information content (AvgIpc) is 1.79. The summed E-state index contributed by atoms with van der Waals surface area (Å²) in [4.78, 5) is -2.51. The summed E-state index contributed by atoms with van der Waals surface area (Å²) < 4.78 is 231. The Hall–Kier alpha value is -8.92. The molecule has 0 saturated carbocycles. The second-order valence-corrected chi connectivity index (χ2v) is 27.6. The summed E-state index contributed by atoms with van der Waals surface area (Å²) in [5.74, 6) is 0. The van der Waals surface area contributed by atoms with Crippen LogP contribution >= 0.6 is 0 Å². The minimum atomic E-state index is -5.13. The van der Waals surface area contributed by atoms with Gasteiger partial charge in [-0.1, -0.05) is 48.6 Å². The first-order valence-electron chi connectivity index (χ1n) is 23.0. The fourth-order valence-corrected chi connectivity index (χ4v) is 15.5. The van der Waals surface area contributed by atoms with E-state index in [1.54, 1.807) is 24.3 Å². The van der Waals surface area contributed by atoms with Gasteiger partial charge in [-0.05, 0) is 78.1 Å². The summed E-state index contributed by atoms with van der Waals surface area (Å²) in [5.41, 5.74) is 1.59. The molecule has 0 saturated heterocycles. The molecule has 12 aromatic carbocycles. The Kier molecular flexibility index (Phi) is 8.81. The standard InChI is InChI=1S/C46H22N10O20S6/c57-77(58,59)19-13-27-21(33(15-19)81(69,70)71)7-9-29-39(27)49-51(47-29)43-37-23-3-1-17(11-31(23)79(63,64)65)35(37)25(41-45(43)55-53(41)75-55)5-6-26-36-18-2-4-24(32(12-18)80(66,67)68)38(36)44(46-42(26)54-56(46)76-54)52-48-30-10-8-22-28(40(30)50-52)14-20(78(60,61)62)16-34(22)82(72,73)74/h1-16H,(H,57,58,59)(H,60,61,62)(H,63,64,65)(H,66,67,68)(H,69,70,71)(H,72,73,74)/b6-5+. The first-order valence-corrected chi connectivity index (χ1v) is 31.6. The molecular formula is C46H22N10O20S6. The molecule has 0 fully saturated rings. The zero-order valence-electron chi connectivity index (χ0n) is 39.6. The van der Waals surface area contributed by atoms with E-state index >= 15 is 0 Å². The van der Waals surface area contributed by atoms with Crippen molar-refractivity contribution in [3.05, 3.63) is 96.1 Å². The topological polar surface area (TPSA) is 432 Å². The zero-order valence-corrected chi connectivity index (χ0v) is 44.5. The fraction of sp³-hybridized carbons (Fsp3) is 0. The van der Waals surface area contributed by atoms with Gasteiger partial charge in [0.25, 0.3) is 60.7 Å². The molecule has 0 amide bonds. The Labute approximate surface area is 451 Å². The van der Waals surface area contributed by atoms with Crippen LogP contribution in [-0.4, -0.2) is 127 Å². The predicted octanol–water partition coefficient (Wildman–Crippen LogP) is 5.67. The predicted molar refractivity (Wildman–Crippen MR) is 284 cm³/mol. The number of fused-ring (bicyclic) bond motifs is 18. The maximum Gasteiger partial charge on any atom is 0.295 e. The summed E-state index contributed by atoms with van der Waals surface area (Å²) in [7, 11) is -30.4. The molecule has 6 N–H and O–H groups in total. The highest BCUT2D eigenvalue weighted by Crippen LogP contribution is 2.50. The summed E-state index contributed by atoms with van der Waals surface area (Å²) in [6.45, 7) is 0. The molecule has 0 aliphatic rings. The number of hydrogen-bond donors (Lipinski definition) is 6. The highest BCUT2D eigenvalue weighted by Gasteiger charge is 2.37. The van der Waals surface area contributed by atoms with Gasteiger partial charge in [0.2, 0.25) is 0 Å². The SMILES string of the molecule is O=S(=O)(O)c1cc(S(=O)(=O)O)c2ccc3nn(-c4c5c6ccc(cc6S(=O)(=O)O)c5c(/C=C/c5c6c7ccc(c(S(=O)(=O)O)c7)c6c(-n6nc7ccc8c(S(=O)(=O)O)cc(S(=O)(=O)O)cc8c7n6)c6c5n5on65)c5c4n4on54)nc3c2c1. The average molecular weight is 1230 g/mol. The van der Waals surface area contributed by atoms with E-state index in [0.29, 0.717) is 45.1 Å². The van der Waals surface area contributed by atoms with Crippen molar-refractivity contribution in [2.45, 2.75) is 29.4 Å². The first-order chi connectivity index (χ1) is 38.4. The van der Waals surface area contributed by atoms with E-state index in [-0.39, 0.29) is 98.3 Å². The molecule has 30 nitrogen and oxygen atoms in total. The van der Waals surface area contributed by atoms with Crippen LogP contribution in [0.25, 0.3) is 132 Å². The summed E-state index contributed by atoms with van der Waals surface area (Å²) >= 11 is 0. The van der Waals surface area contributed by atoms with E-state index in [9.17, 15) is 77.8 Å². The fourth-order valence-electron chi connectivity index (χ4n) is 11.4. The lowest BCUT2D eigenvalue weighted by Crippen LogP contribution is -2.10. The van der Waals surface area contributed by atoms with Crippen molar-refractivity contribution in [2.24, 2.45) is 0 Å². The highest BCUT2D eigenvalue weighted by atomic mass is 32.2. The molecule has 0 aliphatic carbocycles. The quantitative estimate of drug-likeness (QED) is 0.0709. The van der Waals surface area contributed by atoms with Crippen LogP contribution in [0.3, 0.4) is 0 Å². The number of hydrogen-bond acceptors (Lipinski definition) is 18. The molecule has 36 heteroatoms. The van der Waals surface area contributed by atoms with Crippen molar-refractivity contribution in [1.29, 1.82) is 0 Å². The molecule has 0 unspecified atom stereocenters. The van der Waals surface area contributed by atoms with Crippen molar-refractivity contribution >= 4 is 182 Å². The first kappa shape index (κ1) is 48.9. The van der Waals surface area contributed by atoms with Gasteiger partial charge in [-0.2, -0.15) is 50.5 Å². The second-order valence-electron chi connectivity index (χ2n) is 19.2. The van der Waals surface area contributed by atoms with E-state index < -0.39 is 90.1 Å². The van der Waals surface area contributed by atoms with Gasteiger partial charge in [-0.25, -0.2) is 9.26 Å². The Morgan fingerprint density at radius 3 is 1.05 bits per heavy atom. The maximum absolute atomic E-state index is 13.1. The minimum Gasteiger partial charge on any atom is -0.282 e. The molecule has 0 atom stereocenters. The van der Waals surface area contributed by atoms with Gasteiger partial charge in [0.15, 0.2) is 11.0 Å². The van der Waals surface area contributed by atoms with Gasteiger partial charge in [0.05, 0.1) is 9.79 Å². The van der Waals surface area contributed by atoms with E-state index in [0.717, 1.165) is 21.7 Å². The number of nitrogens with zero attached hydrogens (tertiary/aromatic N) is 10. The van der Waals surface area contributed by atoms with Gasteiger partial charge >= 0.3 is 0 Å². The third kappa shape index (κ3) is 6.48. The van der Waals surface area contributed by atoms with Crippen molar-refractivity contribution in [1.82, 2.24) is 48.7 Å². The Bertz CT molecular complexity index is 6050. The summed E-state index contributed by atoms with van der Waals surface area (Å²) in [6, 6.07) is 16.5. The molecule has 0 aliphatic heterocycles. The molecular weight excluding hydrogens is 1200 g/mol. The molecule has 18 aromatic rings. The van der Waals surface area contributed by atoms with E-state index in [2.05, 4.69) is 20.4 Å². The Morgan fingerprint density at radius 2 is 0.695 bits per heavy atom. The van der Waals surface area contributed by atoms with Crippen molar-refractivity contribution in [3.8, 4) is 11.4 Å². The molecule has 0 radical (unpaired) electrons.